The highest BCUT2D eigenvalue weighted by atomic mass is 32.1. The molecule has 0 fully saturated rings. The average Bonchev–Trinajstić information content (AvgIpc) is 3.30. The number of ether oxygens (including phenoxy) is 1. The van der Waals surface area contributed by atoms with Crippen molar-refractivity contribution in [2.24, 2.45) is 0 Å². The van der Waals surface area contributed by atoms with E-state index in [9.17, 15) is 14.0 Å². The van der Waals surface area contributed by atoms with Gasteiger partial charge in [-0.3, -0.25) is 20.4 Å². The van der Waals surface area contributed by atoms with Gasteiger partial charge in [0, 0.05) is 16.3 Å². The number of thiophene rings is 1. The van der Waals surface area contributed by atoms with Gasteiger partial charge in [0.15, 0.2) is 6.61 Å². The number of hydrazine groups is 1. The van der Waals surface area contributed by atoms with Gasteiger partial charge >= 0.3 is 0 Å². The summed E-state index contributed by atoms with van der Waals surface area (Å²) < 4.78 is 17.9. The summed E-state index contributed by atoms with van der Waals surface area (Å²) in [5.74, 6) is -1.12. The fraction of sp³-hybridized carbons (Fsp3) is 0.0625. The van der Waals surface area contributed by atoms with Gasteiger partial charge in [0.2, 0.25) is 0 Å². The van der Waals surface area contributed by atoms with Crippen molar-refractivity contribution in [2.75, 3.05) is 6.61 Å². The molecule has 0 spiro atoms. The van der Waals surface area contributed by atoms with E-state index in [2.05, 4.69) is 15.8 Å². The van der Waals surface area contributed by atoms with E-state index < -0.39 is 17.6 Å². The third kappa shape index (κ3) is 4.61. The largest absolute Gasteiger partial charge is 0.484 e. The molecule has 128 valence electrons. The SMILES string of the molecule is O=C(COc1ccc(F)cc1)NNC(=O)c1csc(-c2ccsc2)n1. The van der Waals surface area contributed by atoms with Crippen LogP contribution < -0.4 is 15.6 Å². The van der Waals surface area contributed by atoms with Gasteiger partial charge in [-0.1, -0.05) is 0 Å². The van der Waals surface area contributed by atoms with Crippen molar-refractivity contribution in [3.8, 4) is 16.3 Å². The molecule has 1 aromatic carbocycles. The molecule has 0 saturated carbocycles. The molecular weight excluding hydrogens is 365 g/mol. The number of hydrogen-bond acceptors (Lipinski definition) is 6. The second-order valence-electron chi connectivity index (χ2n) is 4.79. The summed E-state index contributed by atoms with van der Waals surface area (Å²) in [6.07, 6.45) is 0. The molecule has 0 aliphatic heterocycles. The first-order chi connectivity index (χ1) is 12.1. The van der Waals surface area contributed by atoms with Crippen molar-refractivity contribution in [2.45, 2.75) is 0 Å². The Morgan fingerprint density at radius 2 is 1.92 bits per heavy atom. The maximum absolute atomic E-state index is 12.8. The lowest BCUT2D eigenvalue weighted by Gasteiger charge is -2.07. The lowest BCUT2D eigenvalue weighted by Crippen LogP contribution is -2.43. The highest BCUT2D eigenvalue weighted by Gasteiger charge is 2.13. The molecule has 2 N–H and O–H groups in total. The predicted molar refractivity (Wildman–Crippen MR) is 92.9 cm³/mol. The number of aromatic nitrogens is 1. The molecule has 0 saturated heterocycles. The van der Waals surface area contributed by atoms with Crippen molar-refractivity contribution in [3.63, 3.8) is 0 Å². The summed E-state index contributed by atoms with van der Waals surface area (Å²) >= 11 is 2.89. The maximum atomic E-state index is 12.8. The number of thiazole rings is 1. The van der Waals surface area contributed by atoms with Crippen LogP contribution in [0.5, 0.6) is 5.75 Å². The minimum atomic E-state index is -0.550. The number of carbonyl (C=O) groups excluding carboxylic acids is 2. The Morgan fingerprint density at radius 3 is 2.64 bits per heavy atom. The van der Waals surface area contributed by atoms with Crippen LogP contribution in [0.3, 0.4) is 0 Å². The molecule has 3 aromatic rings. The van der Waals surface area contributed by atoms with Crippen molar-refractivity contribution in [1.82, 2.24) is 15.8 Å². The van der Waals surface area contributed by atoms with Crippen LogP contribution in [0.2, 0.25) is 0 Å². The summed E-state index contributed by atoms with van der Waals surface area (Å²) in [5, 5.41) is 6.22. The fourth-order valence-corrected chi connectivity index (χ4v) is 3.32. The van der Waals surface area contributed by atoms with Gasteiger partial charge in [-0.2, -0.15) is 11.3 Å². The van der Waals surface area contributed by atoms with E-state index in [1.165, 1.54) is 35.6 Å². The Hall–Kier alpha value is -2.78. The standard InChI is InChI=1S/C16H12FN3O3S2/c17-11-1-3-12(4-2-11)23-7-14(21)19-20-15(22)13-9-25-16(18-13)10-5-6-24-8-10/h1-6,8-9H,7H2,(H,19,21)(H,20,22). The molecule has 0 aliphatic carbocycles. The molecule has 0 unspecified atom stereocenters. The van der Waals surface area contributed by atoms with E-state index >= 15 is 0 Å². The van der Waals surface area contributed by atoms with E-state index in [-0.39, 0.29) is 12.3 Å². The van der Waals surface area contributed by atoms with Gasteiger partial charge in [0.1, 0.15) is 22.3 Å². The van der Waals surface area contributed by atoms with Crippen molar-refractivity contribution in [3.05, 3.63) is 58.0 Å². The molecular formula is C16H12FN3O3S2. The number of nitrogens with one attached hydrogen (secondary N) is 2. The molecule has 3 rings (SSSR count). The fourth-order valence-electron chi connectivity index (χ4n) is 1.80. The summed E-state index contributed by atoms with van der Waals surface area (Å²) in [4.78, 5) is 27.9. The smallest absolute Gasteiger partial charge is 0.289 e. The number of nitrogens with zero attached hydrogens (tertiary/aromatic N) is 1. The summed E-state index contributed by atoms with van der Waals surface area (Å²) in [6.45, 7) is -0.316. The molecule has 6 nitrogen and oxygen atoms in total. The van der Waals surface area contributed by atoms with Gasteiger partial charge in [-0.05, 0) is 35.7 Å². The first kappa shape index (κ1) is 17.1. The Labute approximate surface area is 150 Å². The van der Waals surface area contributed by atoms with Gasteiger partial charge < -0.3 is 4.74 Å². The quantitative estimate of drug-likeness (QED) is 0.670. The third-order valence-electron chi connectivity index (χ3n) is 3.00. The van der Waals surface area contributed by atoms with Gasteiger partial charge in [-0.25, -0.2) is 9.37 Å². The minimum absolute atomic E-state index is 0.214. The number of carbonyl (C=O) groups is 2. The van der Waals surface area contributed by atoms with Crippen LogP contribution in [0, 0.1) is 5.82 Å². The molecule has 2 amide bonds. The molecule has 0 aliphatic rings. The summed E-state index contributed by atoms with van der Waals surface area (Å²) in [5.41, 5.74) is 5.67. The Morgan fingerprint density at radius 1 is 1.12 bits per heavy atom. The lowest BCUT2D eigenvalue weighted by atomic mass is 10.3. The van der Waals surface area contributed by atoms with Crippen LogP contribution in [0.25, 0.3) is 10.6 Å². The second-order valence-corrected chi connectivity index (χ2v) is 6.43. The number of benzene rings is 1. The van der Waals surface area contributed by atoms with Crippen LogP contribution in [0.1, 0.15) is 10.5 Å². The van der Waals surface area contributed by atoms with E-state index in [1.807, 2.05) is 16.8 Å². The first-order valence-corrected chi connectivity index (χ1v) is 8.90. The average molecular weight is 377 g/mol. The monoisotopic (exact) mass is 377 g/mol. The summed E-state index contributed by atoms with van der Waals surface area (Å²) in [7, 11) is 0. The van der Waals surface area contributed by atoms with E-state index in [0.717, 1.165) is 10.6 Å². The zero-order valence-corrected chi connectivity index (χ0v) is 14.3. The Bertz CT molecular complexity index is 863. The van der Waals surface area contributed by atoms with Crippen LogP contribution in [-0.2, 0) is 4.79 Å². The zero-order valence-electron chi connectivity index (χ0n) is 12.7. The minimum Gasteiger partial charge on any atom is -0.484 e. The van der Waals surface area contributed by atoms with E-state index in [1.54, 1.807) is 16.7 Å². The zero-order chi connectivity index (χ0) is 17.6. The van der Waals surface area contributed by atoms with E-state index in [0.29, 0.717) is 5.75 Å². The van der Waals surface area contributed by atoms with Crippen molar-refractivity contribution < 1.29 is 18.7 Å². The maximum Gasteiger partial charge on any atom is 0.289 e. The summed E-state index contributed by atoms with van der Waals surface area (Å²) in [6, 6.07) is 7.18. The number of hydrogen-bond donors (Lipinski definition) is 2. The van der Waals surface area contributed by atoms with Crippen molar-refractivity contribution >= 4 is 34.5 Å². The van der Waals surface area contributed by atoms with Crippen LogP contribution in [-0.4, -0.2) is 23.4 Å². The predicted octanol–water partition coefficient (Wildman–Crippen LogP) is 2.85. The normalized spacial score (nSPS) is 10.3. The van der Waals surface area contributed by atoms with Gasteiger partial charge in [0.05, 0.1) is 0 Å². The number of halogens is 1. The van der Waals surface area contributed by atoms with Crippen molar-refractivity contribution in [1.29, 1.82) is 0 Å². The van der Waals surface area contributed by atoms with Crippen LogP contribution >= 0.6 is 22.7 Å². The third-order valence-corrected chi connectivity index (χ3v) is 4.58. The molecule has 9 heteroatoms. The highest BCUT2D eigenvalue weighted by Crippen LogP contribution is 2.25. The number of amides is 2. The molecule has 0 bridgehead atoms. The van der Waals surface area contributed by atoms with Gasteiger partial charge in [0.25, 0.3) is 11.8 Å². The highest BCUT2D eigenvalue weighted by molar-refractivity contribution is 7.14. The lowest BCUT2D eigenvalue weighted by molar-refractivity contribution is -0.123. The van der Waals surface area contributed by atoms with Gasteiger partial charge in [-0.15, -0.1) is 11.3 Å². The molecule has 2 aromatic heterocycles. The molecule has 0 radical (unpaired) electrons. The van der Waals surface area contributed by atoms with E-state index in [4.69, 9.17) is 4.74 Å². The molecule has 25 heavy (non-hydrogen) atoms. The Balaban J connectivity index is 1.47. The topological polar surface area (TPSA) is 80.3 Å². The van der Waals surface area contributed by atoms with Crippen LogP contribution in [0.15, 0.2) is 46.5 Å². The molecule has 2 heterocycles. The number of rotatable bonds is 5. The Kier molecular flexibility index (Phi) is 5.36. The van der Waals surface area contributed by atoms with Crippen LogP contribution in [0.4, 0.5) is 4.39 Å². The molecule has 0 atom stereocenters. The second kappa shape index (κ2) is 7.86. The first-order valence-electron chi connectivity index (χ1n) is 7.07.